The summed E-state index contributed by atoms with van der Waals surface area (Å²) in [6.45, 7) is 13.9. The zero-order valence-corrected chi connectivity index (χ0v) is 20.1. The molecule has 0 saturated heterocycles. The Balaban J connectivity index is 1.98. The highest BCUT2D eigenvalue weighted by Gasteiger charge is 2.06. The lowest BCUT2D eigenvalue weighted by Crippen LogP contribution is -2.06. The van der Waals surface area contributed by atoms with E-state index >= 15 is 0 Å². The van der Waals surface area contributed by atoms with E-state index in [1.807, 2.05) is 10.8 Å². The summed E-state index contributed by atoms with van der Waals surface area (Å²) in [5, 5.41) is 4.07. The zero-order valence-electron chi connectivity index (χ0n) is 19.3. The average Bonchev–Trinajstić information content (AvgIpc) is 3.18. The molecule has 0 N–H and O–H groups in total. The number of hydrogen-bond acceptors (Lipinski definition) is 5. The van der Waals surface area contributed by atoms with Crippen LogP contribution in [-0.4, -0.2) is 39.6 Å². The lowest BCUT2D eigenvalue weighted by molar-refractivity contribution is 0.0990. The molecule has 0 aliphatic heterocycles. The largest absolute Gasteiger partial charge is 0.489 e. The highest BCUT2D eigenvalue weighted by Crippen LogP contribution is 2.32. The van der Waals surface area contributed by atoms with Crippen molar-refractivity contribution in [1.29, 1.82) is 0 Å². The molecule has 1 rings (SSSR count). The maximum absolute atomic E-state index is 5.91. The predicted molar refractivity (Wildman–Crippen MR) is 124 cm³/mol. The first-order valence-corrected chi connectivity index (χ1v) is 12.6. The van der Waals surface area contributed by atoms with Crippen LogP contribution in [0.25, 0.3) is 0 Å². The smallest absolute Gasteiger partial charge is 0.171 e. The van der Waals surface area contributed by atoms with Gasteiger partial charge in [-0.2, -0.15) is 0 Å². The summed E-state index contributed by atoms with van der Waals surface area (Å²) in [6, 6.07) is 0. The van der Waals surface area contributed by atoms with Gasteiger partial charge in [-0.15, -0.1) is 11.3 Å². The highest BCUT2D eigenvalue weighted by atomic mass is 32.1. The topological polar surface area (TPSA) is 36.9 Å². The van der Waals surface area contributed by atoms with Crippen LogP contribution in [0.3, 0.4) is 0 Å². The fourth-order valence-electron chi connectivity index (χ4n) is 2.62. The fraction of sp³-hybridized carbons (Fsp3) is 0.833. The van der Waals surface area contributed by atoms with Crippen molar-refractivity contribution in [2.24, 2.45) is 11.8 Å². The Morgan fingerprint density at radius 1 is 0.655 bits per heavy atom. The third kappa shape index (κ3) is 14.0. The molecule has 1 aromatic heterocycles. The summed E-state index contributed by atoms with van der Waals surface area (Å²) >= 11 is 1.64. The van der Waals surface area contributed by atoms with Crippen molar-refractivity contribution in [1.82, 2.24) is 0 Å². The Kier molecular flexibility index (Phi) is 16.3. The van der Waals surface area contributed by atoms with Crippen molar-refractivity contribution in [3.63, 3.8) is 0 Å². The van der Waals surface area contributed by atoms with Crippen molar-refractivity contribution in [2.45, 2.75) is 79.1 Å². The van der Waals surface area contributed by atoms with E-state index in [4.69, 9.17) is 18.9 Å². The van der Waals surface area contributed by atoms with Crippen LogP contribution >= 0.6 is 11.3 Å². The molecule has 0 fully saturated rings. The summed E-state index contributed by atoms with van der Waals surface area (Å²) in [4.78, 5) is 0. The van der Waals surface area contributed by atoms with Gasteiger partial charge in [-0.25, -0.2) is 0 Å². The number of hydrogen-bond donors (Lipinski definition) is 0. The lowest BCUT2D eigenvalue weighted by atomic mass is 10.1. The highest BCUT2D eigenvalue weighted by molar-refractivity contribution is 7.08. The van der Waals surface area contributed by atoms with E-state index in [2.05, 4.69) is 27.7 Å². The summed E-state index contributed by atoms with van der Waals surface area (Å²) in [5.41, 5.74) is 0. The summed E-state index contributed by atoms with van der Waals surface area (Å²) in [7, 11) is 0. The summed E-state index contributed by atoms with van der Waals surface area (Å²) in [6.07, 6.45) is 8.97. The summed E-state index contributed by atoms with van der Waals surface area (Å²) in [5.74, 6) is 3.11. The Hall–Kier alpha value is -0.780. The van der Waals surface area contributed by atoms with Gasteiger partial charge >= 0.3 is 0 Å². The van der Waals surface area contributed by atoms with Gasteiger partial charge in [-0.3, -0.25) is 0 Å². The van der Waals surface area contributed by atoms with Crippen LogP contribution in [-0.2, 0) is 9.47 Å². The molecule has 0 saturated carbocycles. The normalized spacial score (nSPS) is 13.4. The van der Waals surface area contributed by atoms with Gasteiger partial charge in [0.25, 0.3) is 0 Å². The fourth-order valence-corrected chi connectivity index (χ4v) is 3.30. The molecular weight excluding hydrogens is 384 g/mol. The predicted octanol–water partition coefficient (Wildman–Crippen LogP) is 6.97. The summed E-state index contributed by atoms with van der Waals surface area (Å²) < 4.78 is 23.2. The molecule has 0 aliphatic carbocycles. The van der Waals surface area contributed by atoms with Crippen molar-refractivity contribution < 1.29 is 18.9 Å². The van der Waals surface area contributed by atoms with E-state index in [1.165, 1.54) is 12.8 Å². The molecule has 0 amide bonds. The molecule has 1 heterocycles. The minimum absolute atomic E-state index is 0.665. The first-order chi connectivity index (χ1) is 14.2. The molecule has 4 nitrogen and oxygen atoms in total. The van der Waals surface area contributed by atoms with E-state index in [1.54, 1.807) is 11.3 Å². The second-order valence-corrected chi connectivity index (χ2v) is 8.84. The minimum atomic E-state index is 0.665. The van der Waals surface area contributed by atoms with E-state index in [0.29, 0.717) is 11.8 Å². The van der Waals surface area contributed by atoms with Crippen LogP contribution in [0.4, 0.5) is 0 Å². The molecule has 0 bridgehead atoms. The van der Waals surface area contributed by atoms with Crippen LogP contribution < -0.4 is 9.47 Å². The molecule has 170 valence electrons. The van der Waals surface area contributed by atoms with Gasteiger partial charge in [0.05, 0.1) is 13.2 Å². The van der Waals surface area contributed by atoms with Gasteiger partial charge in [0.1, 0.15) is 0 Å². The van der Waals surface area contributed by atoms with Crippen molar-refractivity contribution in [2.75, 3.05) is 39.6 Å². The Morgan fingerprint density at radius 2 is 1.07 bits per heavy atom. The second kappa shape index (κ2) is 18.0. The second-order valence-electron chi connectivity index (χ2n) is 8.10. The van der Waals surface area contributed by atoms with Crippen LogP contribution in [0.5, 0.6) is 11.5 Å². The van der Waals surface area contributed by atoms with Gasteiger partial charge in [0.2, 0.25) is 0 Å². The monoisotopic (exact) mass is 428 g/mol. The third-order valence-electron chi connectivity index (χ3n) is 5.17. The zero-order chi connectivity index (χ0) is 21.2. The van der Waals surface area contributed by atoms with Crippen LogP contribution in [0.15, 0.2) is 10.8 Å². The Bertz CT molecular complexity index is 437. The molecule has 2 atom stereocenters. The maximum Gasteiger partial charge on any atom is 0.171 e. The standard InChI is InChI=1S/C24H44O4S/c1-5-21(3)17-25-13-9-7-11-15-27-23-19-29-20-24(23)28-16-12-8-10-14-26-18-22(4)6-2/h19-22H,5-18H2,1-4H3/t21-,22-/m0/s1. The first-order valence-electron chi connectivity index (χ1n) is 11.6. The van der Waals surface area contributed by atoms with Gasteiger partial charge in [0, 0.05) is 37.2 Å². The van der Waals surface area contributed by atoms with Gasteiger partial charge < -0.3 is 18.9 Å². The molecule has 0 unspecified atom stereocenters. The molecule has 5 heteroatoms. The van der Waals surface area contributed by atoms with Gasteiger partial charge in [0.15, 0.2) is 11.5 Å². The van der Waals surface area contributed by atoms with Gasteiger partial charge in [-0.05, 0) is 50.4 Å². The van der Waals surface area contributed by atoms with Crippen LogP contribution in [0.2, 0.25) is 0 Å². The third-order valence-corrected chi connectivity index (χ3v) is 5.87. The number of unbranched alkanes of at least 4 members (excludes halogenated alkanes) is 4. The quantitative estimate of drug-likeness (QED) is 0.210. The minimum Gasteiger partial charge on any atom is -0.489 e. The average molecular weight is 429 g/mol. The molecule has 0 spiro atoms. The molecule has 1 aromatic rings. The molecule has 0 aliphatic rings. The lowest BCUT2D eigenvalue weighted by Gasteiger charge is -2.11. The van der Waals surface area contributed by atoms with E-state index < -0.39 is 0 Å². The SMILES string of the molecule is CC[C@H](C)COCCCCCOc1cscc1OCCCCCOC[C@@H](C)CC. The Morgan fingerprint density at radius 3 is 1.48 bits per heavy atom. The van der Waals surface area contributed by atoms with E-state index in [-0.39, 0.29) is 0 Å². The maximum atomic E-state index is 5.91. The first kappa shape index (κ1) is 26.3. The Labute approximate surface area is 183 Å². The number of rotatable bonds is 20. The van der Waals surface area contributed by atoms with Gasteiger partial charge in [-0.1, -0.05) is 40.5 Å². The van der Waals surface area contributed by atoms with Crippen LogP contribution in [0.1, 0.15) is 79.1 Å². The number of thiophene rings is 1. The number of ether oxygens (including phenoxy) is 4. The van der Waals surface area contributed by atoms with Crippen molar-refractivity contribution >= 4 is 11.3 Å². The molecule has 0 aromatic carbocycles. The van der Waals surface area contributed by atoms with Crippen LogP contribution in [0, 0.1) is 11.8 Å². The molecule has 0 radical (unpaired) electrons. The van der Waals surface area contributed by atoms with E-state index in [9.17, 15) is 0 Å². The molecule has 29 heavy (non-hydrogen) atoms. The van der Waals surface area contributed by atoms with Crippen molar-refractivity contribution in [3.8, 4) is 11.5 Å². The molecular formula is C24H44O4S. The van der Waals surface area contributed by atoms with Crippen molar-refractivity contribution in [3.05, 3.63) is 10.8 Å². The van der Waals surface area contributed by atoms with E-state index in [0.717, 1.165) is 89.7 Å².